The molecular weight excluding hydrogens is 466 g/mol. The smallest absolute Gasteiger partial charge is 0.275 e. The molecule has 1 fully saturated rings. The summed E-state index contributed by atoms with van der Waals surface area (Å²) < 4.78 is 7.14. The number of nitrogens with two attached hydrogens (primary N) is 1. The maximum absolute atomic E-state index is 13.3. The Kier molecular flexibility index (Phi) is 5.90. The number of nitrogens with zero attached hydrogens (tertiary/aromatic N) is 4. The van der Waals surface area contributed by atoms with Gasteiger partial charge in [-0.25, -0.2) is 14.6 Å². The summed E-state index contributed by atoms with van der Waals surface area (Å²) in [5.74, 6) is 1.24. The lowest BCUT2D eigenvalue weighted by atomic mass is 10.0. The van der Waals surface area contributed by atoms with Crippen LogP contribution in [0.3, 0.4) is 0 Å². The molecular formula is C28H27N7O2. The Labute approximate surface area is 213 Å². The molecule has 0 saturated heterocycles. The van der Waals surface area contributed by atoms with Crippen LogP contribution in [0.5, 0.6) is 0 Å². The number of anilines is 2. The van der Waals surface area contributed by atoms with Crippen LogP contribution in [0.4, 0.5) is 11.6 Å². The number of aryl methyl sites for hydroxylation is 1. The zero-order valence-electron chi connectivity index (χ0n) is 20.4. The zero-order valence-corrected chi connectivity index (χ0v) is 20.4. The van der Waals surface area contributed by atoms with E-state index < -0.39 is 0 Å². The predicted octanol–water partition coefficient (Wildman–Crippen LogP) is 4.72. The van der Waals surface area contributed by atoms with Crippen LogP contribution in [-0.2, 0) is 6.54 Å². The Morgan fingerprint density at radius 1 is 1.16 bits per heavy atom. The third kappa shape index (κ3) is 4.68. The van der Waals surface area contributed by atoms with Crippen molar-refractivity contribution in [2.45, 2.75) is 26.3 Å². The van der Waals surface area contributed by atoms with E-state index in [2.05, 4.69) is 43.9 Å². The number of rotatable bonds is 8. The van der Waals surface area contributed by atoms with Crippen LogP contribution in [0, 0.1) is 12.8 Å². The molecule has 1 aliphatic carbocycles. The fraction of sp³-hybridized carbons (Fsp3) is 0.214. The van der Waals surface area contributed by atoms with Gasteiger partial charge in [0.05, 0.1) is 11.1 Å². The van der Waals surface area contributed by atoms with Crippen LogP contribution < -0.4 is 16.4 Å². The molecule has 4 N–H and O–H groups in total. The number of hydrogen-bond donors (Lipinski definition) is 3. The fourth-order valence-electron chi connectivity index (χ4n) is 4.49. The summed E-state index contributed by atoms with van der Waals surface area (Å²) in [5.41, 5.74) is 11.6. The normalized spacial score (nSPS) is 13.2. The first kappa shape index (κ1) is 22.9. The van der Waals surface area contributed by atoms with E-state index in [4.69, 9.17) is 10.2 Å². The molecule has 0 aliphatic heterocycles. The molecule has 0 spiro atoms. The summed E-state index contributed by atoms with van der Waals surface area (Å²) in [7, 11) is 0. The number of fused-ring (bicyclic) bond motifs is 1. The number of furan rings is 1. The minimum Gasteiger partial charge on any atom is -0.462 e. The highest BCUT2D eigenvalue weighted by atomic mass is 16.3. The summed E-state index contributed by atoms with van der Waals surface area (Å²) in [5, 5.41) is 11.5. The molecule has 4 heterocycles. The van der Waals surface area contributed by atoms with Gasteiger partial charge in [-0.15, -0.1) is 0 Å². The molecule has 37 heavy (non-hydrogen) atoms. The van der Waals surface area contributed by atoms with Crippen LogP contribution in [0.1, 0.15) is 34.6 Å². The third-order valence-electron chi connectivity index (χ3n) is 6.57. The Morgan fingerprint density at radius 3 is 2.84 bits per heavy atom. The number of pyridine rings is 2. The molecule has 1 aromatic carbocycles. The highest BCUT2D eigenvalue weighted by Crippen LogP contribution is 2.30. The molecule has 5 aromatic rings. The summed E-state index contributed by atoms with van der Waals surface area (Å²) in [6.07, 6.45) is 7.54. The average molecular weight is 494 g/mol. The second-order valence-corrected chi connectivity index (χ2v) is 9.39. The van der Waals surface area contributed by atoms with Gasteiger partial charge in [0, 0.05) is 24.5 Å². The first-order chi connectivity index (χ1) is 18.1. The van der Waals surface area contributed by atoms with E-state index in [9.17, 15) is 4.79 Å². The van der Waals surface area contributed by atoms with Crippen molar-refractivity contribution in [3.63, 3.8) is 0 Å². The van der Waals surface area contributed by atoms with Crippen molar-refractivity contribution in [1.82, 2.24) is 25.1 Å². The van der Waals surface area contributed by atoms with Gasteiger partial charge in [-0.3, -0.25) is 4.79 Å². The number of benzene rings is 1. The van der Waals surface area contributed by atoms with E-state index >= 15 is 0 Å². The Balaban J connectivity index is 1.22. The first-order valence-corrected chi connectivity index (χ1v) is 12.3. The van der Waals surface area contributed by atoms with Gasteiger partial charge in [-0.1, -0.05) is 24.3 Å². The number of hydrogen-bond acceptors (Lipinski definition) is 7. The minimum atomic E-state index is -0.345. The maximum atomic E-state index is 13.3. The topological polar surface area (TPSA) is 124 Å². The number of nitrogen functional groups attached to an aromatic ring is 1. The highest BCUT2D eigenvalue weighted by molar-refractivity contribution is 6.04. The van der Waals surface area contributed by atoms with Gasteiger partial charge >= 0.3 is 0 Å². The molecule has 1 aliphatic rings. The number of amides is 1. The second-order valence-electron chi connectivity index (χ2n) is 9.39. The Bertz CT molecular complexity index is 1580. The zero-order chi connectivity index (χ0) is 25.4. The van der Waals surface area contributed by atoms with Crippen molar-refractivity contribution in [1.29, 1.82) is 0 Å². The fourth-order valence-corrected chi connectivity index (χ4v) is 4.49. The average Bonchev–Trinajstić information content (AvgIpc) is 3.49. The summed E-state index contributed by atoms with van der Waals surface area (Å²) >= 11 is 0. The molecule has 9 nitrogen and oxygen atoms in total. The Morgan fingerprint density at radius 2 is 2.03 bits per heavy atom. The molecule has 6 rings (SSSR count). The van der Waals surface area contributed by atoms with Gasteiger partial charge in [-0.2, -0.15) is 5.10 Å². The molecule has 9 heteroatoms. The number of nitrogens with one attached hydrogen (secondary N) is 2. The molecule has 4 aromatic heterocycles. The van der Waals surface area contributed by atoms with Gasteiger partial charge < -0.3 is 20.8 Å². The number of carbonyl (C=O) groups is 1. The lowest BCUT2D eigenvalue weighted by Crippen LogP contribution is -2.17. The lowest BCUT2D eigenvalue weighted by molar-refractivity contribution is 0.101. The number of aromatic nitrogens is 4. The molecule has 1 saturated carbocycles. The first-order valence-electron chi connectivity index (χ1n) is 12.3. The van der Waals surface area contributed by atoms with Crippen molar-refractivity contribution in [3.05, 3.63) is 84.1 Å². The van der Waals surface area contributed by atoms with Crippen LogP contribution >= 0.6 is 0 Å². The van der Waals surface area contributed by atoms with Crippen molar-refractivity contribution < 1.29 is 9.21 Å². The molecule has 1 amide bonds. The number of carbonyl (C=O) groups excluding carboxylic acids is 1. The molecule has 186 valence electrons. The van der Waals surface area contributed by atoms with Gasteiger partial charge in [0.2, 0.25) is 0 Å². The van der Waals surface area contributed by atoms with Crippen LogP contribution in [0.15, 0.2) is 71.6 Å². The summed E-state index contributed by atoms with van der Waals surface area (Å²) in [4.78, 5) is 21.9. The van der Waals surface area contributed by atoms with Gasteiger partial charge in [-0.05, 0) is 67.6 Å². The van der Waals surface area contributed by atoms with Gasteiger partial charge in [0.15, 0.2) is 0 Å². The maximum Gasteiger partial charge on any atom is 0.275 e. The minimum absolute atomic E-state index is 0.307. The Hall–Kier alpha value is -4.50. The van der Waals surface area contributed by atoms with Crippen LogP contribution in [0.25, 0.3) is 27.8 Å². The summed E-state index contributed by atoms with van der Waals surface area (Å²) in [6.45, 7) is 3.70. The van der Waals surface area contributed by atoms with Gasteiger partial charge in [0.25, 0.3) is 5.91 Å². The monoisotopic (exact) mass is 493 g/mol. The van der Waals surface area contributed by atoms with Crippen LogP contribution in [-0.4, -0.2) is 32.2 Å². The largest absolute Gasteiger partial charge is 0.462 e. The van der Waals surface area contributed by atoms with Crippen LogP contribution in [0.2, 0.25) is 0 Å². The highest BCUT2D eigenvalue weighted by Gasteiger charge is 2.21. The predicted molar refractivity (Wildman–Crippen MR) is 142 cm³/mol. The quantitative estimate of drug-likeness (QED) is 0.286. The van der Waals surface area contributed by atoms with E-state index in [0.717, 1.165) is 30.1 Å². The van der Waals surface area contributed by atoms with Crippen molar-refractivity contribution in [3.8, 4) is 16.8 Å². The molecule has 0 atom stereocenters. The molecule has 0 bridgehead atoms. The standard InChI is InChI=1S/C28H27N7O2/c1-17-12-22(35(34-17)23-16-37-24-10-11-31-27(29)26(23)24)28(36)33-25-9-8-20(15-32-25)21-5-3-2-4-19(21)14-30-13-18-6-7-18/h2-5,8-12,15-16,18,30H,6-7,13-14H2,1H3,(H2,29,31)(H,32,33,36). The van der Waals surface area contributed by atoms with E-state index in [0.29, 0.717) is 39.7 Å². The molecule has 0 radical (unpaired) electrons. The van der Waals surface area contributed by atoms with Crippen molar-refractivity contribution in [2.75, 3.05) is 17.6 Å². The summed E-state index contributed by atoms with van der Waals surface area (Å²) in [6, 6.07) is 15.5. The second kappa shape index (κ2) is 9.51. The van der Waals surface area contributed by atoms with E-state index in [-0.39, 0.29) is 5.91 Å². The SMILES string of the molecule is Cc1cc(C(=O)Nc2ccc(-c3ccccc3CNCC3CC3)cn2)n(-c2coc3ccnc(N)c23)n1. The molecule has 0 unspecified atom stereocenters. The van der Waals surface area contributed by atoms with E-state index in [1.54, 1.807) is 24.5 Å². The third-order valence-corrected chi connectivity index (χ3v) is 6.57. The van der Waals surface area contributed by atoms with E-state index in [1.165, 1.54) is 29.4 Å². The van der Waals surface area contributed by atoms with E-state index in [1.807, 2.05) is 25.1 Å². The van der Waals surface area contributed by atoms with Crippen molar-refractivity contribution >= 4 is 28.5 Å². The van der Waals surface area contributed by atoms with Crippen molar-refractivity contribution in [2.24, 2.45) is 5.92 Å². The van der Waals surface area contributed by atoms with Gasteiger partial charge in [0.1, 0.15) is 34.9 Å². The lowest BCUT2D eigenvalue weighted by Gasteiger charge is -2.11.